The van der Waals surface area contributed by atoms with Gasteiger partial charge in [0.2, 0.25) is 0 Å². The van der Waals surface area contributed by atoms with Crippen molar-refractivity contribution in [3.8, 4) is 0 Å². The van der Waals surface area contributed by atoms with Crippen molar-refractivity contribution in [2.24, 2.45) is 0 Å². The molecule has 3 aromatic carbocycles. The molecule has 0 unspecified atom stereocenters. The topological polar surface area (TPSA) is 37.3 Å². The number of carboxylic acids is 1. The van der Waals surface area contributed by atoms with Gasteiger partial charge in [0.15, 0.2) is 0 Å². The van der Waals surface area contributed by atoms with Crippen molar-refractivity contribution in [3.63, 3.8) is 0 Å². The van der Waals surface area contributed by atoms with Crippen molar-refractivity contribution in [1.29, 1.82) is 0 Å². The van der Waals surface area contributed by atoms with Gasteiger partial charge >= 0.3 is 129 Å². The Morgan fingerprint density at radius 3 is 1.31 bits per heavy atom. The average molecular weight is 721 g/mol. The number of unbranched alkanes of at least 4 members (excludes halogenated alkanes) is 11. The first-order chi connectivity index (χ1) is 19.2. The number of carboxylic acid groups (broad SMARTS) is 1. The first-order valence-electron chi connectivity index (χ1n) is 15.1. The van der Waals surface area contributed by atoms with Crippen LogP contribution >= 0.6 is 0 Å². The Morgan fingerprint density at radius 1 is 0.564 bits per heavy atom. The predicted molar refractivity (Wildman–Crippen MR) is 171 cm³/mol. The van der Waals surface area contributed by atoms with Gasteiger partial charge in [-0.1, -0.05) is 70.4 Å². The van der Waals surface area contributed by atoms with Crippen molar-refractivity contribution in [1.82, 2.24) is 0 Å². The summed E-state index contributed by atoms with van der Waals surface area (Å²) in [4.78, 5) is 10.3. The van der Waals surface area contributed by atoms with E-state index in [1.54, 1.807) is 9.37 Å². The third kappa shape index (κ3) is 15.8. The van der Waals surface area contributed by atoms with Crippen LogP contribution < -0.4 is 9.37 Å². The number of hydrogen-bond acceptors (Lipinski definition) is 1. The molecule has 0 atom stereocenters. The Labute approximate surface area is 246 Å². The van der Waals surface area contributed by atoms with Crippen LogP contribution in [0.5, 0.6) is 0 Å². The van der Waals surface area contributed by atoms with E-state index in [1.807, 2.05) is 0 Å². The molecule has 3 heteroatoms. The molecule has 0 aliphatic carbocycles. The zero-order valence-electron chi connectivity index (χ0n) is 24.1. The summed E-state index contributed by atoms with van der Waals surface area (Å²) in [6, 6.07) is 33.0. The summed E-state index contributed by atoms with van der Waals surface area (Å²) in [5.41, 5.74) is 0. The number of allylic oxidation sites excluding steroid dienone is 2. The van der Waals surface area contributed by atoms with Crippen LogP contribution in [-0.4, -0.2) is 33.8 Å². The van der Waals surface area contributed by atoms with Crippen LogP contribution in [0, 0.1) is 0 Å². The molecule has 2 nitrogen and oxygen atoms in total. The quantitative estimate of drug-likeness (QED) is 0.0816. The molecule has 0 aromatic heterocycles. The minimum atomic E-state index is -2.17. The van der Waals surface area contributed by atoms with Crippen molar-refractivity contribution in [2.75, 3.05) is 0 Å². The van der Waals surface area contributed by atoms with Gasteiger partial charge in [-0.25, -0.2) is 0 Å². The van der Waals surface area contributed by atoms with Crippen LogP contribution in [0.25, 0.3) is 0 Å². The molecule has 0 saturated carbocycles. The van der Waals surface area contributed by atoms with E-state index >= 15 is 0 Å². The maximum atomic E-state index is 10.3. The first-order valence-corrected chi connectivity index (χ1v) is 21.0. The van der Waals surface area contributed by atoms with E-state index in [0.29, 0.717) is 6.42 Å². The summed E-state index contributed by atoms with van der Waals surface area (Å²) in [6.07, 6.45) is 21.2. The van der Waals surface area contributed by atoms with E-state index in [1.165, 1.54) is 70.6 Å². The zero-order chi connectivity index (χ0) is 27.8. The summed E-state index contributed by atoms with van der Waals surface area (Å²) in [6.45, 7) is 2.26. The Kier molecular flexibility index (Phi) is 19.1. The van der Waals surface area contributed by atoms with E-state index in [4.69, 9.17) is 5.11 Å². The molecule has 0 heterocycles. The predicted octanol–water partition coefficient (Wildman–Crippen LogP) is 8.31. The fourth-order valence-electron chi connectivity index (χ4n) is 4.66. The van der Waals surface area contributed by atoms with Gasteiger partial charge in [-0.3, -0.25) is 4.79 Å². The van der Waals surface area contributed by atoms with Crippen molar-refractivity contribution < 1.29 is 9.90 Å². The van der Waals surface area contributed by atoms with Gasteiger partial charge < -0.3 is 5.11 Å². The normalized spacial score (nSPS) is 10.9. The first kappa shape index (κ1) is 33.0. The Bertz CT molecular complexity index is 908. The van der Waals surface area contributed by atoms with Gasteiger partial charge in [0.25, 0.3) is 0 Å². The van der Waals surface area contributed by atoms with Crippen molar-refractivity contribution in [3.05, 3.63) is 103 Å². The van der Waals surface area contributed by atoms with Crippen LogP contribution in [0.1, 0.15) is 96.8 Å². The Hall–Kier alpha value is -2.21. The van der Waals surface area contributed by atoms with Gasteiger partial charge in [0.1, 0.15) is 0 Å². The molecular weight excluding hydrogens is 672 g/mol. The third-order valence-corrected chi connectivity index (χ3v) is 17.5. The van der Waals surface area contributed by atoms with Crippen LogP contribution in [0.2, 0.25) is 0 Å². The second kappa shape index (κ2) is 22.6. The molecule has 1 N–H and O–H groups in total. The average Bonchev–Trinajstić information content (AvgIpc) is 2.97. The van der Waals surface area contributed by atoms with Gasteiger partial charge in [0.05, 0.1) is 0 Å². The second-order valence-corrected chi connectivity index (χ2v) is 19.9. The molecular formula is C36H49O2Pb. The fourth-order valence-corrected chi connectivity index (χ4v) is 14.7. The third-order valence-electron chi connectivity index (χ3n) is 6.84. The Balaban J connectivity index is 0.000000273. The fraction of sp³-hybridized carbons (Fsp3) is 0.417. The number of carbonyl (C=O) groups is 1. The monoisotopic (exact) mass is 721 g/mol. The van der Waals surface area contributed by atoms with Gasteiger partial charge in [-0.15, -0.1) is 0 Å². The molecule has 0 fully saturated rings. The van der Waals surface area contributed by atoms with E-state index in [9.17, 15) is 4.79 Å². The van der Waals surface area contributed by atoms with Gasteiger partial charge in [-0.2, -0.15) is 0 Å². The number of benzene rings is 3. The summed E-state index contributed by atoms with van der Waals surface area (Å²) in [7, 11) is 0. The number of aliphatic carboxylic acids is 1. The zero-order valence-corrected chi connectivity index (χ0v) is 28.0. The molecule has 0 saturated heterocycles. The summed E-state index contributed by atoms with van der Waals surface area (Å²) >= 11 is -2.17. The summed E-state index contributed by atoms with van der Waals surface area (Å²) < 4.78 is 4.64. The molecule has 39 heavy (non-hydrogen) atoms. The summed E-state index contributed by atoms with van der Waals surface area (Å²) in [5.74, 6) is -0.664. The van der Waals surface area contributed by atoms with Crippen LogP contribution in [0.3, 0.4) is 0 Å². The molecule has 0 aliphatic heterocycles. The van der Waals surface area contributed by atoms with Crippen molar-refractivity contribution >= 4 is 38.0 Å². The molecule has 0 aliphatic rings. The molecule has 0 bridgehead atoms. The standard InChI is InChI=1S/C18H34O2.3C6H5.Pb/c1-2-3-4-5-6-7-8-9-10-11-12-13-14-15-16-17-18(19)20;3*1-2-4-6-5-3-1;/h9-10H,2-8,11-17H2,1H3,(H,19,20);3*1-5H;. The second-order valence-electron chi connectivity index (χ2n) is 10.2. The number of rotatable bonds is 18. The number of hydrogen-bond donors (Lipinski definition) is 1. The van der Waals surface area contributed by atoms with E-state index in [0.717, 1.165) is 12.8 Å². The maximum absolute atomic E-state index is 10.3. The van der Waals surface area contributed by atoms with Crippen molar-refractivity contribution in [2.45, 2.75) is 96.8 Å². The van der Waals surface area contributed by atoms with Gasteiger partial charge in [-0.05, 0) is 32.1 Å². The van der Waals surface area contributed by atoms with Gasteiger partial charge in [0, 0.05) is 6.42 Å². The molecule has 0 spiro atoms. The molecule has 1 radical (unpaired) electrons. The Morgan fingerprint density at radius 2 is 0.923 bits per heavy atom. The molecule has 3 aromatic rings. The van der Waals surface area contributed by atoms with Crippen LogP contribution in [0.15, 0.2) is 103 Å². The minimum absolute atomic E-state index is 0.332. The molecule has 0 amide bonds. The van der Waals surface area contributed by atoms with Crippen LogP contribution in [-0.2, 0) is 4.79 Å². The van der Waals surface area contributed by atoms with Crippen LogP contribution in [0.4, 0.5) is 0 Å². The summed E-state index contributed by atoms with van der Waals surface area (Å²) in [5, 5.41) is 8.51. The van der Waals surface area contributed by atoms with E-state index in [-0.39, 0.29) is 0 Å². The van der Waals surface area contributed by atoms with E-state index in [2.05, 4.69) is 110 Å². The molecule has 209 valence electrons. The SMILES string of the molecule is CCCCCCCCC=CCCCCCCCC(=O)O.c1cc[c]([Pb]([c]2ccccc2)[c]2ccccc2)cc1. The molecule has 3 rings (SSSR count). The van der Waals surface area contributed by atoms with E-state index < -0.39 is 28.7 Å².